The zero-order valence-corrected chi connectivity index (χ0v) is 18.9. The molecule has 1 saturated heterocycles. The molecule has 1 aliphatic heterocycles. The Hall–Kier alpha value is -1.32. The van der Waals surface area contributed by atoms with Gasteiger partial charge in [0.1, 0.15) is 6.04 Å². The van der Waals surface area contributed by atoms with Crippen LogP contribution in [0.4, 0.5) is 0 Å². The molecule has 1 rings (SSSR count). The molecule has 1 N–H and O–H groups in total. The van der Waals surface area contributed by atoms with Crippen LogP contribution in [0.3, 0.4) is 0 Å². The highest BCUT2D eigenvalue weighted by atomic mass is 16.5. The molecule has 0 aromatic heterocycles. The van der Waals surface area contributed by atoms with E-state index in [2.05, 4.69) is 24.4 Å². The number of nitrogens with one attached hydrogen (secondary N) is 1. The van der Waals surface area contributed by atoms with Gasteiger partial charge in [0, 0.05) is 6.42 Å². The third-order valence-corrected chi connectivity index (χ3v) is 5.70. The average Bonchev–Trinajstić information content (AvgIpc) is 3.16. The summed E-state index contributed by atoms with van der Waals surface area (Å²) < 4.78 is 5.20. The van der Waals surface area contributed by atoms with E-state index in [-0.39, 0.29) is 11.9 Å². The standard InChI is InChI=1S/C25H45NO3/c1-2-3-4-5-6-7-8-9-10-11-12-13-14-15-16-17-18-19-22-29-25(28)23-20-21-24(27)26-23/h17-18,23H,2-16,19-22H2,1H3,(H,26,27)/b18-17+/t23-/m0/s1. The minimum absolute atomic E-state index is 0.0555. The summed E-state index contributed by atoms with van der Waals surface area (Å²) in [6.07, 6.45) is 26.6. The fourth-order valence-corrected chi connectivity index (χ4v) is 3.81. The molecule has 0 unspecified atom stereocenters. The summed E-state index contributed by atoms with van der Waals surface area (Å²) in [7, 11) is 0. The maximum Gasteiger partial charge on any atom is 0.328 e. The maximum absolute atomic E-state index is 11.7. The molecule has 4 heteroatoms. The third kappa shape index (κ3) is 15.2. The van der Waals surface area contributed by atoms with Crippen LogP contribution in [0.5, 0.6) is 0 Å². The number of esters is 1. The Morgan fingerprint density at radius 2 is 1.38 bits per heavy atom. The Bertz CT molecular complexity index is 447. The van der Waals surface area contributed by atoms with Gasteiger partial charge in [-0.2, -0.15) is 0 Å². The molecule has 1 heterocycles. The first kappa shape index (κ1) is 25.7. The van der Waals surface area contributed by atoms with Crippen LogP contribution in [-0.2, 0) is 14.3 Å². The number of carbonyl (C=O) groups excluding carboxylic acids is 2. The summed E-state index contributed by atoms with van der Waals surface area (Å²) in [5.74, 6) is -0.351. The quantitative estimate of drug-likeness (QED) is 0.149. The first-order chi connectivity index (χ1) is 14.2. The fraction of sp³-hybridized carbons (Fsp3) is 0.840. The maximum atomic E-state index is 11.7. The van der Waals surface area contributed by atoms with E-state index in [0.717, 1.165) is 12.8 Å². The Labute approximate surface area is 179 Å². The van der Waals surface area contributed by atoms with Gasteiger partial charge in [0.2, 0.25) is 5.91 Å². The van der Waals surface area contributed by atoms with Crippen molar-refractivity contribution in [3.8, 4) is 0 Å². The fourth-order valence-electron chi connectivity index (χ4n) is 3.81. The van der Waals surface area contributed by atoms with Crippen molar-refractivity contribution in [2.45, 2.75) is 129 Å². The number of carbonyl (C=O) groups is 2. The second-order valence-corrected chi connectivity index (χ2v) is 8.47. The highest BCUT2D eigenvalue weighted by Gasteiger charge is 2.28. The summed E-state index contributed by atoms with van der Waals surface area (Å²) in [5.41, 5.74) is 0. The highest BCUT2D eigenvalue weighted by Crippen LogP contribution is 2.13. The van der Waals surface area contributed by atoms with E-state index >= 15 is 0 Å². The number of allylic oxidation sites excluding steroid dienone is 1. The minimum Gasteiger partial charge on any atom is -0.464 e. The first-order valence-corrected chi connectivity index (χ1v) is 12.3. The van der Waals surface area contributed by atoms with Gasteiger partial charge in [-0.3, -0.25) is 4.79 Å². The van der Waals surface area contributed by atoms with E-state index in [1.807, 2.05) is 0 Å². The molecule has 1 atom stereocenters. The summed E-state index contributed by atoms with van der Waals surface area (Å²) >= 11 is 0. The highest BCUT2D eigenvalue weighted by molar-refractivity contribution is 5.87. The van der Waals surface area contributed by atoms with Crippen molar-refractivity contribution in [3.63, 3.8) is 0 Å². The van der Waals surface area contributed by atoms with Crippen LogP contribution in [0, 0.1) is 0 Å². The van der Waals surface area contributed by atoms with Crippen molar-refractivity contribution in [2.75, 3.05) is 6.61 Å². The van der Waals surface area contributed by atoms with Crippen molar-refractivity contribution < 1.29 is 14.3 Å². The molecular weight excluding hydrogens is 362 g/mol. The number of hydrogen-bond donors (Lipinski definition) is 1. The molecule has 4 nitrogen and oxygen atoms in total. The van der Waals surface area contributed by atoms with E-state index in [1.54, 1.807) is 0 Å². The minimum atomic E-state index is -0.429. The molecule has 168 valence electrons. The van der Waals surface area contributed by atoms with Gasteiger partial charge < -0.3 is 10.1 Å². The van der Waals surface area contributed by atoms with Crippen LogP contribution in [0.25, 0.3) is 0 Å². The monoisotopic (exact) mass is 407 g/mol. The zero-order chi connectivity index (χ0) is 21.0. The van der Waals surface area contributed by atoms with E-state index in [1.165, 1.54) is 89.9 Å². The molecule has 0 aliphatic carbocycles. The third-order valence-electron chi connectivity index (χ3n) is 5.70. The van der Waals surface area contributed by atoms with E-state index in [0.29, 0.717) is 19.4 Å². The summed E-state index contributed by atoms with van der Waals surface area (Å²) in [6, 6.07) is -0.429. The lowest BCUT2D eigenvalue weighted by Crippen LogP contribution is -2.34. The molecule has 0 spiro atoms. The Balaban J connectivity index is 1.75. The summed E-state index contributed by atoms with van der Waals surface area (Å²) in [6.45, 7) is 2.68. The molecule has 1 fully saturated rings. The average molecular weight is 408 g/mol. The predicted molar refractivity (Wildman–Crippen MR) is 121 cm³/mol. The second-order valence-electron chi connectivity index (χ2n) is 8.47. The van der Waals surface area contributed by atoms with Crippen LogP contribution >= 0.6 is 0 Å². The van der Waals surface area contributed by atoms with Crippen molar-refractivity contribution in [3.05, 3.63) is 12.2 Å². The number of ether oxygens (including phenoxy) is 1. The van der Waals surface area contributed by atoms with Crippen molar-refractivity contribution in [1.82, 2.24) is 5.32 Å². The van der Waals surface area contributed by atoms with Gasteiger partial charge in [0.05, 0.1) is 6.61 Å². The van der Waals surface area contributed by atoms with E-state index < -0.39 is 6.04 Å². The van der Waals surface area contributed by atoms with Crippen molar-refractivity contribution in [1.29, 1.82) is 0 Å². The molecule has 1 aliphatic rings. The lowest BCUT2D eigenvalue weighted by Gasteiger charge is -2.08. The van der Waals surface area contributed by atoms with Crippen LogP contribution < -0.4 is 5.32 Å². The summed E-state index contributed by atoms with van der Waals surface area (Å²) in [5, 5.41) is 2.63. The number of amides is 1. The molecular formula is C25H45NO3. The number of unbranched alkanes of at least 4 members (excludes halogenated alkanes) is 14. The zero-order valence-electron chi connectivity index (χ0n) is 18.9. The molecule has 0 saturated carbocycles. The Morgan fingerprint density at radius 1 is 0.862 bits per heavy atom. The van der Waals surface area contributed by atoms with Crippen molar-refractivity contribution in [2.24, 2.45) is 0 Å². The Morgan fingerprint density at radius 3 is 1.90 bits per heavy atom. The molecule has 0 aromatic rings. The normalized spacial score (nSPS) is 16.4. The van der Waals surface area contributed by atoms with Gasteiger partial charge >= 0.3 is 5.97 Å². The topological polar surface area (TPSA) is 55.4 Å². The largest absolute Gasteiger partial charge is 0.464 e. The van der Waals surface area contributed by atoms with Gasteiger partial charge in [-0.15, -0.1) is 0 Å². The lowest BCUT2D eigenvalue weighted by molar-refractivity contribution is -0.146. The van der Waals surface area contributed by atoms with E-state index in [4.69, 9.17) is 4.74 Å². The molecule has 0 bridgehead atoms. The number of hydrogen-bond acceptors (Lipinski definition) is 3. The summed E-state index contributed by atoms with van der Waals surface area (Å²) in [4.78, 5) is 22.8. The van der Waals surface area contributed by atoms with Crippen LogP contribution in [-0.4, -0.2) is 24.5 Å². The predicted octanol–water partition coefficient (Wildman–Crippen LogP) is 6.63. The number of rotatable bonds is 19. The van der Waals surface area contributed by atoms with Gasteiger partial charge in [0.15, 0.2) is 0 Å². The van der Waals surface area contributed by atoms with Crippen molar-refractivity contribution >= 4 is 11.9 Å². The van der Waals surface area contributed by atoms with Crippen LogP contribution in [0.1, 0.15) is 122 Å². The molecule has 0 radical (unpaired) electrons. The van der Waals surface area contributed by atoms with Gasteiger partial charge in [-0.25, -0.2) is 4.79 Å². The SMILES string of the molecule is CCCCCCCCCCCCCCCC/C=C/CCOC(=O)[C@@H]1CCC(=O)N1. The lowest BCUT2D eigenvalue weighted by atomic mass is 10.0. The first-order valence-electron chi connectivity index (χ1n) is 12.3. The Kier molecular flexibility index (Phi) is 16.6. The van der Waals surface area contributed by atoms with Gasteiger partial charge in [-0.1, -0.05) is 103 Å². The smallest absolute Gasteiger partial charge is 0.328 e. The molecule has 1 amide bonds. The molecule has 29 heavy (non-hydrogen) atoms. The van der Waals surface area contributed by atoms with Gasteiger partial charge in [-0.05, 0) is 25.7 Å². The van der Waals surface area contributed by atoms with Crippen LogP contribution in [0.15, 0.2) is 12.2 Å². The second kappa shape index (κ2) is 18.7. The van der Waals surface area contributed by atoms with Crippen LogP contribution in [0.2, 0.25) is 0 Å². The van der Waals surface area contributed by atoms with E-state index in [9.17, 15) is 9.59 Å². The molecule has 0 aromatic carbocycles. The van der Waals surface area contributed by atoms with Gasteiger partial charge in [0.25, 0.3) is 0 Å².